The van der Waals surface area contributed by atoms with E-state index in [0.717, 1.165) is 11.3 Å². The number of hydrogen-bond donors (Lipinski definition) is 2. The Morgan fingerprint density at radius 2 is 2.00 bits per heavy atom. The van der Waals surface area contributed by atoms with Crippen molar-refractivity contribution >= 4 is 7.85 Å². The number of nitrogens with one attached hydrogen (secondary N) is 1. The Bertz CT molecular complexity index is 498. The monoisotopic (exact) mass is 239 g/mol. The van der Waals surface area contributed by atoms with Gasteiger partial charge in [0, 0.05) is 17.5 Å². The van der Waals surface area contributed by atoms with Gasteiger partial charge in [-0.05, 0) is 12.1 Å². The molecule has 2 N–H and O–H groups in total. The average molecular weight is 239 g/mol. The normalized spacial score (nSPS) is 30.2. The molecule has 1 heterocycles. The molecule has 3 nitrogen and oxygen atoms in total. The quantitative estimate of drug-likeness (QED) is 0.603. The molecule has 0 aromatic heterocycles. The Kier molecular flexibility index (Phi) is 2.98. The van der Waals surface area contributed by atoms with Gasteiger partial charge in [-0.15, -0.1) is 0 Å². The van der Waals surface area contributed by atoms with Crippen LogP contribution in [0.15, 0.2) is 48.6 Å². The first-order valence-corrected chi connectivity index (χ1v) is 6.06. The summed E-state index contributed by atoms with van der Waals surface area (Å²) in [5.41, 5.74) is 1.03. The molecule has 1 aromatic rings. The number of benzene rings is 1. The van der Waals surface area contributed by atoms with Crippen LogP contribution in [-0.4, -0.2) is 25.2 Å². The summed E-state index contributed by atoms with van der Waals surface area (Å²) in [7, 11) is 5.46. The van der Waals surface area contributed by atoms with E-state index in [1.54, 1.807) is 0 Å². The number of para-hydroxylation sites is 1. The zero-order valence-electron chi connectivity index (χ0n) is 9.86. The van der Waals surface area contributed by atoms with E-state index >= 15 is 0 Å². The smallest absolute Gasteiger partial charge is 0.130 e. The van der Waals surface area contributed by atoms with E-state index in [4.69, 9.17) is 12.6 Å². The molecule has 0 saturated carbocycles. The molecule has 90 valence electrons. The summed E-state index contributed by atoms with van der Waals surface area (Å²) >= 11 is 0. The lowest BCUT2D eigenvalue weighted by molar-refractivity contribution is 0.114. The Morgan fingerprint density at radius 3 is 2.83 bits per heavy atom. The van der Waals surface area contributed by atoms with Crippen molar-refractivity contribution in [1.82, 2.24) is 5.32 Å². The van der Waals surface area contributed by atoms with Crippen molar-refractivity contribution in [3.8, 4) is 5.75 Å². The van der Waals surface area contributed by atoms with Gasteiger partial charge in [-0.3, -0.25) is 5.32 Å². The molecule has 1 aromatic carbocycles. The molecule has 1 aliphatic carbocycles. The second kappa shape index (κ2) is 4.63. The molecule has 0 spiro atoms. The Balaban J connectivity index is 2.01. The standard InChI is InChI=1S/C14H14BNO2/c15-14(17)16-13-9-5-1-3-7-11(9)18-12-8-4-2-6-10(12)13/h1-9,11,13-14,16-17H/t9?,11?,13?,14-/m1/s1. The summed E-state index contributed by atoms with van der Waals surface area (Å²) in [6.07, 6.45) is 7.03. The lowest BCUT2D eigenvalue weighted by Gasteiger charge is -2.39. The van der Waals surface area contributed by atoms with Gasteiger partial charge in [-0.25, -0.2) is 0 Å². The Labute approximate surface area is 108 Å². The van der Waals surface area contributed by atoms with Gasteiger partial charge in [0.1, 0.15) is 19.7 Å². The molecule has 0 bridgehead atoms. The molecule has 3 unspecified atom stereocenters. The van der Waals surface area contributed by atoms with E-state index in [-0.39, 0.29) is 18.1 Å². The van der Waals surface area contributed by atoms with Crippen LogP contribution in [-0.2, 0) is 0 Å². The minimum absolute atomic E-state index is 0.0128. The second-order valence-electron chi connectivity index (χ2n) is 4.56. The minimum Gasteiger partial charge on any atom is -0.485 e. The predicted molar refractivity (Wildman–Crippen MR) is 70.3 cm³/mol. The lowest BCUT2D eigenvalue weighted by atomic mass is 9.82. The van der Waals surface area contributed by atoms with Gasteiger partial charge >= 0.3 is 0 Å². The van der Waals surface area contributed by atoms with Crippen LogP contribution in [0.3, 0.4) is 0 Å². The van der Waals surface area contributed by atoms with Crippen LogP contribution in [0, 0.1) is 5.92 Å². The number of allylic oxidation sites excluding steroid dienone is 2. The molecule has 0 amide bonds. The zero-order valence-corrected chi connectivity index (χ0v) is 9.86. The topological polar surface area (TPSA) is 41.5 Å². The fourth-order valence-corrected chi connectivity index (χ4v) is 2.61. The average Bonchev–Trinajstić information content (AvgIpc) is 2.38. The SMILES string of the molecule is [B][C@@H](O)NC1c2ccccc2OC2C=CC=CC21. The molecule has 18 heavy (non-hydrogen) atoms. The number of ether oxygens (including phenoxy) is 1. The van der Waals surface area contributed by atoms with Crippen molar-refractivity contribution in [3.05, 3.63) is 54.1 Å². The van der Waals surface area contributed by atoms with Crippen molar-refractivity contribution in [3.63, 3.8) is 0 Å². The van der Waals surface area contributed by atoms with Crippen LogP contribution in [0.1, 0.15) is 11.6 Å². The van der Waals surface area contributed by atoms with Crippen molar-refractivity contribution in [2.45, 2.75) is 18.3 Å². The van der Waals surface area contributed by atoms with Gasteiger partial charge in [-0.2, -0.15) is 0 Å². The summed E-state index contributed by atoms with van der Waals surface area (Å²) in [5.74, 6) is 0.986. The van der Waals surface area contributed by atoms with Crippen molar-refractivity contribution in [1.29, 1.82) is 0 Å². The molecular weight excluding hydrogens is 225 g/mol. The molecule has 4 atom stereocenters. The maximum absolute atomic E-state index is 9.40. The summed E-state index contributed by atoms with van der Waals surface area (Å²) in [6, 6.07) is 7.80. The first kappa shape index (κ1) is 11.6. The van der Waals surface area contributed by atoms with Gasteiger partial charge in [0.05, 0.1) is 6.13 Å². The zero-order chi connectivity index (χ0) is 12.5. The van der Waals surface area contributed by atoms with Gasteiger partial charge in [0.15, 0.2) is 0 Å². The molecule has 1 aliphatic heterocycles. The van der Waals surface area contributed by atoms with E-state index in [0.29, 0.717) is 0 Å². The minimum atomic E-state index is -1.04. The lowest BCUT2D eigenvalue weighted by Crippen LogP contribution is -2.44. The fraction of sp³-hybridized carbons (Fsp3) is 0.286. The first-order chi connectivity index (χ1) is 8.75. The molecule has 4 heteroatoms. The summed E-state index contributed by atoms with van der Waals surface area (Å²) in [4.78, 5) is 0. The largest absolute Gasteiger partial charge is 0.485 e. The van der Waals surface area contributed by atoms with E-state index in [9.17, 15) is 5.11 Å². The van der Waals surface area contributed by atoms with E-state index in [2.05, 4.69) is 11.4 Å². The molecule has 2 radical (unpaired) electrons. The highest BCUT2D eigenvalue weighted by Crippen LogP contribution is 2.40. The number of aliphatic hydroxyl groups excluding tert-OH is 1. The van der Waals surface area contributed by atoms with Crippen LogP contribution in [0.5, 0.6) is 5.75 Å². The second-order valence-corrected chi connectivity index (χ2v) is 4.56. The number of fused-ring (bicyclic) bond motifs is 2. The molecule has 0 saturated heterocycles. The molecule has 0 fully saturated rings. The maximum atomic E-state index is 9.40. The third-order valence-corrected chi connectivity index (χ3v) is 3.38. The molecule has 3 rings (SSSR count). The van der Waals surface area contributed by atoms with Crippen molar-refractivity contribution < 1.29 is 9.84 Å². The van der Waals surface area contributed by atoms with Gasteiger partial charge in [0.2, 0.25) is 0 Å². The molecule has 2 aliphatic rings. The number of aliphatic hydroxyl groups is 1. The van der Waals surface area contributed by atoms with E-state index in [1.807, 2.05) is 42.5 Å². The number of rotatable bonds is 2. The highest BCUT2D eigenvalue weighted by Gasteiger charge is 2.36. The summed E-state index contributed by atoms with van der Waals surface area (Å²) in [5, 5.41) is 12.4. The third-order valence-electron chi connectivity index (χ3n) is 3.38. The highest BCUT2D eigenvalue weighted by molar-refractivity contribution is 6.10. The van der Waals surface area contributed by atoms with Gasteiger partial charge < -0.3 is 9.84 Å². The molecular formula is C14H14BNO2. The predicted octanol–water partition coefficient (Wildman–Crippen LogP) is 1.26. The van der Waals surface area contributed by atoms with Gasteiger partial charge in [-0.1, -0.05) is 36.4 Å². The van der Waals surface area contributed by atoms with Crippen LogP contribution in [0.4, 0.5) is 0 Å². The third kappa shape index (κ3) is 1.98. The summed E-state index contributed by atoms with van der Waals surface area (Å²) < 4.78 is 5.95. The van der Waals surface area contributed by atoms with Gasteiger partial charge in [0.25, 0.3) is 0 Å². The van der Waals surface area contributed by atoms with Crippen molar-refractivity contribution in [2.75, 3.05) is 0 Å². The van der Waals surface area contributed by atoms with Crippen LogP contribution in [0.25, 0.3) is 0 Å². The van der Waals surface area contributed by atoms with E-state index in [1.165, 1.54) is 0 Å². The number of hydrogen-bond acceptors (Lipinski definition) is 3. The van der Waals surface area contributed by atoms with Crippen LogP contribution >= 0.6 is 0 Å². The first-order valence-electron chi connectivity index (χ1n) is 6.06. The summed E-state index contributed by atoms with van der Waals surface area (Å²) in [6.45, 7) is 0. The Hall–Kier alpha value is -1.52. The van der Waals surface area contributed by atoms with Crippen LogP contribution < -0.4 is 10.1 Å². The Morgan fingerprint density at radius 1 is 1.22 bits per heavy atom. The van der Waals surface area contributed by atoms with Crippen molar-refractivity contribution in [2.24, 2.45) is 5.92 Å². The van der Waals surface area contributed by atoms with Crippen LogP contribution in [0.2, 0.25) is 0 Å². The fourth-order valence-electron chi connectivity index (χ4n) is 2.61. The highest BCUT2D eigenvalue weighted by atomic mass is 16.5. The maximum Gasteiger partial charge on any atom is 0.130 e. The van der Waals surface area contributed by atoms with E-state index < -0.39 is 6.13 Å².